The molecule has 0 spiro atoms. The molecule has 0 bridgehead atoms. The fourth-order valence-corrected chi connectivity index (χ4v) is 3.54. The number of hydrogen-bond donors (Lipinski definition) is 2. The average Bonchev–Trinajstić information content (AvgIpc) is 2.50. The highest BCUT2D eigenvalue weighted by Crippen LogP contribution is 2.32. The summed E-state index contributed by atoms with van der Waals surface area (Å²) in [7, 11) is 1.55. The van der Waals surface area contributed by atoms with E-state index < -0.39 is 5.97 Å². The molecule has 21 heavy (non-hydrogen) atoms. The van der Waals surface area contributed by atoms with Crippen LogP contribution in [0.2, 0.25) is 0 Å². The molecular formula is C15H26N2O4. The molecule has 120 valence electrons. The van der Waals surface area contributed by atoms with Gasteiger partial charge < -0.3 is 20.1 Å². The van der Waals surface area contributed by atoms with Crippen LogP contribution < -0.4 is 5.32 Å². The lowest BCUT2D eigenvalue weighted by Gasteiger charge is -2.41. The van der Waals surface area contributed by atoms with Gasteiger partial charge in [0.15, 0.2) is 0 Å². The lowest BCUT2D eigenvalue weighted by Crippen LogP contribution is -2.56. The summed E-state index contributed by atoms with van der Waals surface area (Å²) in [5.74, 6) is -0.390. The molecule has 1 heterocycles. The summed E-state index contributed by atoms with van der Waals surface area (Å²) in [6, 6.07) is 0.191. The number of amides is 1. The van der Waals surface area contributed by atoms with Gasteiger partial charge in [-0.3, -0.25) is 9.59 Å². The molecule has 0 aromatic carbocycles. The monoisotopic (exact) mass is 298 g/mol. The quantitative estimate of drug-likeness (QED) is 0.760. The first-order chi connectivity index (χ1) is 10.1. The van der Waals surface area contributed by atoms with Gasteiger partial charge in [-0.1, -0.05) is 12.8 Å². The summed E-state index contributed by atoms with van der Waals surface area (Å²) in [4.78, 5) is 24.9. The van der Waals surface area contributed by atoms with Gasteiger partial charge in [-0.15, -0.1) is 0 Å². The van der Waals surface area contributed by atoms with E-state index in [9.17, 15) is 9.59 Å². The first-order valence-corrected chi connectivity index (χ1v) is 7.87. The Balaban J connectivity index is 1.94. The van der Waals surface area contributed by atoms with Gasteiger partial charge in [-0.2, -0.15) is 0 Å². The van der Waals surface area contributed by atoms with Gasteiger partial charge in [0.1, 0.15) is 6.54 Å². The minimum absolute atomic E-state index is 0.0986. The van der Waals surface area contributed by atoms with Crippen LogP contribution in [0.3, 0.4) is 0 Å². The number of hydrogen-bond acceptors (Lipinski definition) is 4. The Bertz CT molecular complexity index is 375. The molecule has 2 N–H and O–H groups in total. The van der Waals surface area contributed by atoms with Crippen molar-refractivity contribution in [1.82, 2.24) is 10.2 Å². The normalized spacial score (nSPS) is 28.7. The number of carboxylic acids is 1. The fraction of sp³-hybridized carbons (Fsp3) is 0.867. The molecule has 2 aliphatic rings. The molecule has 6 nitrogen and oxygen atoms in total. The molecule has 1 saturated heterocycles. The maximum atomic E-state index is 12.6. The summed E-state index contributed by atoms with van der Waals surface area (Å²) >= 11 is 0. The number of rotatable bonds is 6. The summed E-state index contributed by atoms with van der Waals surface area (Å²) in [5.41, 5.74) is 0. The van der Waals surface area contributed by atoms with Crippen LogP contribution in [-0.4, -0.2) is 60.8 Å². The van der Waals surface area contributed by atoms with Crippen LogP contribution in [0.5, 0.6) is 0 Å². The van der Waals surface area contributed by atoms with E-state index in [2.05, 4.69) is 5.32 Å². The molecule has 3 atom stereocenters. The summed E-state index contributed by atoms with van der Waals surface area (Å²) in [6.45, 7) is 0.431. The van der Waals surface area contributed by atoms with E-state index in [0.717, 1.165) is 19.3 Å². The molecule has 6 heteroatoms. The van der Waals surface area contributed by atoms with Gasteiger partial charge in [0, 0.05) is 19.7 Å². The van der Waals surface area contributed by atoms with Crippen molar-refractivity contribution < 1.29 is 19.4 Å². The first-order valence-electron chi connectivity index (χ1n) is 7.87. The average molecular weight is 298 g/mol. The number of piperidine rings is 1. The number of ether oxygens (including phenoxy) is 1. The Labute approximate surface area is 125 Å². The predicted molar refractivity (Wildman–Crippen MR) is 78.0 cm³/mol. The van der Waals surface area contributed by atoms with Crippen molar-refractivity contribution in [3.05, 3.63) is 0 Å². The molecule has 1 aliphatic heterocycles. The third kappa shape index (κ3) is 4.41. The van der Waals surface area contributed by atoms with Crippen LogP contribution in [-0.2, 0) is 14.3 Å². The molecule has 0 radical (unpaired) electrons. The van der Waals surface area contributed by atoms with E-state index in [-0.39, 0.29) is 18.5 Å². The van der Waals surface area contributed by atoms with Gasteiger partial charge in [0.25, 0.3) is 0 Å². The topological polar surface area (TPSA) is 78.9 Å². The summed E-state index contributed by atoms with van der Waals surface area (Å²) < 4.78 is 4.97. The van der Waals surface area contributed by atoms with Crippen molar-refractivity contribution in [2.75, 3.05) is 26.8 Å². The maximum absolute atomic E-state index is 12.6. The van der Waals surface area contributed by atoms with Crippen molar-refractivity contribution in [3.8, 4) is 0 Å². The highest BCUT2D eigenvalue weighted by molar-refractivity contribution is 5.85. The summed E-state index contributed by atoms with van der Waals surface area (Å²) in [6.07, 6.45) is 6.77. The molecule has 2 fully saturated rings. The molecule has 0 aromatic heterocycles. The lowest BCUT2D eigenvalue weighted by atomic mass is 9.77. The highest BCUT2D eigenvalue weighted by atomic mass is 16.5. The number of carbonyl (C=O) groups is 2. The van der Waals surface area contributed by atoms with Crippen LogP contribution in [0.1, 0.15) is 38.5 Å². The zero-order valence-corrected chi connectivity index (χ0v) is 12.7. The standard InChI is InChI=1S/C15H26N2O4/c1-21-9-8-17(10-14(18)19)15(20)13-7-6-11-4-2-3-5-12(11)16-13/h11-13,16H,2-10H2,1H3,(H,18,19). The Kier molecular flexibility index (Phi) is 5.99. The highest BCUT2D eigenvalue weighted by Gasteiger charge is 2.36. The maximum Gasteiger partial charge on any atom is 0.323 e. The molecule has 1 amide bonds. The van der Waals surface area contributed by atoms with E-state index in [1.165, 1.54) is 24.2 Å². The molecular weight excluding hydrogens is 272 g/mol. The minimum atomic E-state index is -0.981. The van der Waals surface area contributed by atoms with Crippen molar-refractivity contribution in [2.24, 2.45) is 5.92 Å². The molecule has 1 saturated carbocycles. The Morgan fingerprint density at radius 2 is 2.00 bits per heavy atom. The lowest BCUT2D eigenvalue weighted by molar-refractivity contribution is -0.146. The van der Waals surface area contributed by atoms with E-state index in [1.54, 1.807) is 7.11 Å². The number of methoxy groups -OCH3 is 1. The largest absolute Gasteiger partial charge is 0.480 e. The van der Waals surface area contributed by atoms with E-state index in [1.807, 2.05) is 0 Å². The van der Waals surface area contributed by atoms with Crippen LogP contribution in [0.25, 0.3) is 0 Å². The molecule has 1 aliphatic carbocycles. The zero-order chi connectivity index (χ0) is 15.2. The fourth-order valence-electron chi connectivity index (χ4n) is 3.54. The van der Waals surface area contributed by atoms with Crippen molar-refractivity contribution in [2.45, 2.75) is 50.6 Å². The second-order valence-corrected chi connectivity index (χ2v) is 6.09. The Morgan fingerprint density at radius 1 is 1.24 bits per heavy atom. The minimum Gasteiger partial charge on any atom is -0.480 e. The van der Waals surface area contributed by atoms with Gasteiger partial charge in [0.05, 0.1) is 12.6 Å². The first kappa shape index (κ1) is 16.2. The zero-order valence-electron chi connectivity index (χ0n) is 12.7. The van der Waals surface area contributed by atoms with Crippen LogP contribution >= 0.6 is 0 Å². The van der Waals surface area contributed by atoms with E-state index in [0.29, 0.717) is 25.1 Å². The number of nitrogens with zero attached hydrogens (tertiary/aromatic N) is 1. The number of carbonyl (C=O) groups excluding carboxylic acids is 1. The van der Waals surface area contributed by atoms with Crippen LogP contribution in [0, 0.1) is 5.92 Å². The van der Waals surface area contributed by atoms with Crippen molar-refractivity contribution >= 4 is 11.9 Å². The Morgan fingerprint density at radius 3 is 2.71 bits per heavy atom. The molecule has 0 aromatic rings. The van der Waals surface area contributed by atoms with Gasteiger partial charge in [-0.05, 0) is 31.6 Å². The molecule has 3 unspecified atom stereocenters. The van der Waals surface area contributed by atoms with Gasteiger partial charge in [-0.25, -0.2) is 0 Å². The second-order valence-electron chi connectivity index (χ2n) is 6.09. The number of nitrogens with one attached hydrogen (secondary N) is 1. The smallest absolute Gasteiger partial charge is 0.323 e. The number of carboxylic acid groups (broad SMARTS) is 1. The Hall–Kier alpha value is -1.14. The number of aliphatic carboxylic acids is 1. The SMILES string of the molecule is COCCN(CC(=O)O)C(=O)C1CCC2CCCCC2N1. The van der Waals surface area contributed by atoms with E-state index in [4.69, 9.17) is 9.84 Å². The van der Waals surface area contributed by atoms with E-state index >= 15 is 0 Å². The number of fused-ring (bicyclic) bond motifs is 1. The summed E-state index contributed by atoms with van der Waals surface area (Å²) in [5, 5.41) is 12.4. The third-order valence-electron chi connectivity index (χ3n) is 4.65. The molecule has 2 rings (SSSR count). The third-order valence-corrected chi connectivity index (χ3v) is 4.65. The predicted octanol–water partition coefficient (Wildman–Crippen LogP) is 0.857. The van der Waals surface area contributed by atoms with Gasteiger partial charge >= 0.3 is 5.97 Å². The van der Waals surface area contributed by atoms with Crippen LogP contribution in [0.15, 0.2) is 0 Å². The van der Waals surface area contributed by atoms with Gasteiger partial charge in [0.2, 0.25) is 5.91 Å². The second kappa shape index (κ2) is 7.75. The van der Waals surface area contributed by atoms with Crippen molar-refractivity contribution in [1.29, 1.82) is 0 Å². The van der Waals surface area contributed by atoms with Crippen LogP contribution in [0.4, 0.5) is 0 Å². The van der Waals surface area contributed by atoms with Crippen molar-refractivity contribution in [3.63, 3.8) is 0 Å².